The molecular weight excluding hydrogens is 197 g/mol. The quantitative estimate of drug-likeness (QED) is 0.705. The van der Waals surface area contributed by atoms with Crippen molar-refractivity contribution in [2.75, 3.05) is 11.9 Å². The first kappa shape index (κ1) is 11.5. The second kappa shape index (κ2) is 5.31. The fourth-order valence-electron chi connectivity index (χ4n) is 1.02. The number of benzene rings is 1. The third kappa shape index (κ3) is 3.95. The maximum Gasteiger partial charge on any atom is 0.319 e. The first-order valence-electron chi connectivity index (χ1n) is 4.65. The Morgan fingerprint density at radius 2 is 2.33 bits per heavy atom. The molecule has 0 aromatic heterocycles. The van der Waals surface area contributed by atoms with E-state index in [1.54, 1.807) is 13.0 Å². The molecular formula is C10H14FN3O. The van der Waals surface area contributed by atoms with E-state index in [9.17, 15) is 9.18 Å². The van der Waals surface area contributed by atoms with Gasteiger partial charge in [-0.05, 0) is 25.1 Å². The predicted molar refractivity (Wildman–Crippen MR) is 57.1 cm³/mol. The van der Waals surface area contributed by atoms with Gasteiger partial charge in [0.05, 0.1) is 0 Å². The van der Waals surface area contributed by atoms with Gasteiger partial charge in [0.1, 0.15) is 5.82 Å². The van der Waals surface area contributed by atoms with Crippen LogP contribution in [0.15, 0.2) is 24.3 Å². The van der Waals surface area contributed by atoms with Crippen LogP contribution in [0.2, 0.25) is 0 Å². The van der Waals surface area contributed by atoms with E-state index in [1.165, 1.54) is 18.2 Å². The molecule has 4 nitrogen and oxygen atoms in total. The summed E-state index contributed by atoms with van der Waals surface area (Å²) < 4.78 is 12.8. The molecule has 1 aromatic rings. The lowest BCUT2D eigenvalue weighted by Crippen LogP contribution is -2.40. The van der Waals surface area contributed by atoms with Gasteiger partial charge in [-0.2, -0.15) is 0 Å². The first-order valence-corrected chi connectivity index (χ1v) is 4.65. The van der Waals surface area contributed by atoms with Gasteiger partial charge in [0, 0.05) is 18.3 Å². The molecule has 1 aromatic carbocycles. The number of carbonyl (C=O) groups is 1. The molecule has 0 radical (unpaired) electrons. The Morgan fingerprint density at radius 1 is 1.60 bits per heavy atom. The van der Waals surface area contributed by atoms with Crippen LogP contribution in [0.1, 0.15) is 6.92 Å². The molecule has 0 saturated carbocycles. The highest BCUT2D eigenvalue weighted by Crippen LogP contribution is 2.08. The highest BCUT2D eigenvalue weighted by molar-refractivity contribution is 5.89. The Hall–Kier alpha value is -1.62. The molecule has 1 rings (SSSR count). The zero-order chi connectivity index (χ0) is 11.3. The Bertz CT molecular complexity index is 343. The molecule has 0 unspecified atom stereocenters. The topological polar surface area (TPSA) is 67.1 Å². The van der Waals surface area contributed by atoms with E-state index in [1.807, 2.05) is 0 Å². The highest BCUT2D eigenvalue weighted by atomic mass is 19.1. The lowest BCUT2D eigenvalue weighted by Gasteiger charge is -2.12. The monoisotopic (exact) mass is 211 g/mol. The van der Waals surface area contributed by atoms with Crippen LogP contribution in [-0.2, 0) is 0 Å². The van der Waals surface area contributed by atoms with Crippen molar-refractivity contribution in [3.8, 4) is 0 Å². The predicted octanol–water partition coefficient (Wildman–Crippen LogP) is 1.29. The molecule has 0 spiro atoms. The fourth-order valence-corrected chi connectivity index (χ4v) is 1.02. The van der Waals surface area contributed by atoms with Crippen molar-refractivity contribution in [1.82, 2.24) is 5.32 Å². The number of carbonyl (C=O) groups excluding carboxylic acids is 1. The second-order valence-electron chi connectivity index (χ2n) is 3.25. The summed E-state index contributed by atoms with van der Waals surface area (Å²) >= 11 is 0. The molecule has 1 atom stereocenters. The van der Waals surface area contributed by atoms with Crippen molar-refractivity contribution < 1.29 is 9.18 Å². The minimum absolute atomic E-state index is 0.112. The summed E-state index contributed by atoms with van der Waals surface area (Å²) in [5.41, 5.74) is 5.75. The zero-order valence-corrected chi connectivity index (χ0v) is 8.46. The average Bonchev–Trinajstić information content (AvgIpc) is 2.17. The van der Waals surface area contributed by atoms with E-state index >= 15 is 0 Å². The van der Waals surface area contributed by atoms with Crippen molar-refractivity contribution in [3.63, 3.8) is 0 Å². The van der Waals surface area contributed by atoms with Crippen LogP contribution in [0, 0.1) is 5.82 Å². The standard InChI is InChI=1S/C10H14FN3O/c1-7(6-12)13-10(15)14-9-4-2-3-8(11)5-9/h2-5,7H,6,12H2,1H3,(H2,13,14,15)/t7-/m1/s1. The number of rotatable bonds is 3. The first-order chi connectivity index (χ1) is 7.11. The molecule has 2 amide bonds. The number of hydrogen-bond donors (Lipinski definition) is 3. The summed E-state index contributed by atoms with van der Waals surface area (Å²) in [6, 6.07) is 5.18. The normalized spacial score (nSPS) is 11.9. The van der Waals surface area contributed by atoms with Gasteiger partial charge in [0.15, 0.2) is 0 Å². The van der Waals surface area contributed by atoms with Crippen molar-refractivity contribution in [2.24, 2.45) is 5.73 Å². The largest absolute Gasteiger partial charge is 0.334 e. The zero-order valence-electron chi connectivity index (χ0n) is 8.46. The van der Waals surface area contributed by atoms with E-state index in [0.717, 1.165) is 0 Å². The summed E-state index contributed by atoms with van der Waals surface area (Å²) in [4.78, 5) is 11.3. The molecule has 0 aliphatic rings. The average molecular weight is 211 g/mol. The van der Waals surface area contributed by atoms with Crippen molar-refractivity contribution in [3.05, 3.63) is 30.1 Å². The van der Waals surface area contributed by atoms with Gasteiger partial charge in [0.2, 0.25) is 0 Å². The molecule has 0 heterocycles. The molecule has 0 bridgehead atoms. The number of hydrogen-bond acceptors (Lipinski definition) is 2. The number of halogens is 1. The molecule has 0 aliphatic heterocycles. The Labute approximate surface area is 87.7 Å². The lowest BCUT2D eigenvalue weighted by atomic mass is 10.3. The third-order valence-corrected chi connectivity index (χ3v) is 1.81. The summed E-state index contributed by atoms with van der Waals surface area (Å²) in [7, 11) is 0. The number of anilines is 1. The Morgan fingerprint density at radius 3 is 2.93 bits per heavy atom. The van der Waals surface area contributed by atoms with Crippen LogP contribution < -0.4 is 16.4 Å². The van der Waals surface area contributed by atoms with E-state index in [0.29, 0.717) is 12.2 Å². The van der Waals surface area contributed by atoms with E-state index in [-0.39, 0.29) is 11.9 Å². The van der Waals surface area contributed by atoms with Gasteiger partial charge in [-0.15, -0.1) is 0 Å². The van der Waals surface area contributed by atoms with Crippen molar-refractivity contribution >= 4 is 11.7 Å². The summed E-state index contributed by atoms with van der Waals surface area (Å²) in [6.45, 7) is 2.14. The molecule has 0 fully saturated rings. The molecule has 5 heteroatoms. The van der Waals surface area contributed by atoms with Gasteiger partial charge >= 0.3 is 6.03 Å². The minimum Gasteiger partial charge on any atom is -0.334 e. The Kier molecular flexibility index (Phi) is 4.05. The number of amides is 2. The smallest absolute Gasteiger partial charge is 0.319 e. The fraction of sp³-hybridized carbons (Fsp3) is 0.300. The molecule has 82 valence electrons. The maximum atomic E-state index is 12.8. The van der Waals surface area contributed by atoms with Crippen LogP contribution in [0.3, 0.4) is 0 Å². The van der Waals surface area contributed by atoms with Crippen LogP contribution in [0.4, 0.5) is 14.9 Å². The number of urea groups is 1. The number of nitrogens with one attached hydrogen (secondary N) is 2. The molecule has 0 aliphatic carbocycles. The lowest BCUT2D eigenvalue weighted by molar-refractivity contribution is 0.249. The van der Waals surface area contributed by atoms with Gasteiger partial charge in [-0.25, -0.2) is 9.18 Å². The van der Waals surface area contributed by atoms with Crippen molar-refractivity contribution in [2.45, 2.75) is 13.0 Å². The maximum absolute atomic E-state index is 12.8. The van der Waals surface area contributed by atoms with Crippen LogP contribution in [-0.4, -0.2) is 18.6 Å². The second-order valence-corrected chi connectivity index (χ2v) is 3.25. The van der Waals surface area contributed by atoms with E-state index in [2.05, 4.69) is 10.6 Å². The van der Waals surface area contributed by atoms with Gasteiger partial charge < -0.3 is 16.4 Å². The van der Waals surface area contributed by atoms with E-state index < -0.39 is 6.03 Å². The van der Waals surface area contributed by atoms with Crippen LogP contribution in [0.5, 0.6) is 0 Å². The van der Waals surface area contributed by atoms with Crippen LogP contribution in [0.25, 0.3) is 0 Å². The minimum atomic E-state index is -0.390. The summed E-state index contributed by atoms with van der Waals surface area (Å²) in [5, 5.41) is 5.10. The van der Waals surface area contributed by atoms with Crippen molar-refractivity contribution in [1.29, 1.82) is 0 Å². The summed E-state index contributed by atoms with van der Waals surface area (Å²) in [5.74, 6) is -0.389. The van der Waals surface area contributed by atoms with Gasteiger partial charge in [-0.3, -0.25) is 0 Å². The number of nitrogens with two attached hydrogens (primary N) is 1. The van der Waals surface area contributed by atoms with Gasteiger partial charge in [-0.1, -0.05) is 6.07 Å². The highest BCUT2D eigenvalue weighted by Gasteiger charge is 2.05. The molecule has 0 saturated heterocycles. The summed E-state index contributed by atoms with van der Waals surface area (Å²) in [6.07, 6.45) is 0. The van der Waals surface area contributed by atoms with Gasteiger partial charge in [0.25, 0.3) is 0 Å². The van der Waals surface area contributed by atoms with Crippen LogP contribution >= 0.6 is 0 Å². The van der Waals surface area contributed by atoms with E-state index in [4.69, 9.17) is 5.73 Å². The third-order valence-electron chi connectivity index (χ3n) is 1.81. The SMILES string of the molecule is C[C@H](CN)NC(=O)Nc1cccc(F)c1. The molecule has 15 heavy (non-hydrogen) atoms. The Balaban J connectivity index is 2.51. The molecule has 4 N–H and O–H groups in total.